The highest BCUT2D eigenvalue weighted by molar-refractivity contribution is 14.1. The molecule has 0 unspecified atom stereocenters. The Kier molecular flexibility index (Phi) is 2.93. The number of benzene rings is 1. The molecule has 6 heteroatoms. The maximum Gasteiger partial charge on any atom is 0.279 e. The van der Waals surface area contributed by atoms with E-state index in [1.54, 1.807) is 23.5 Å². The van der Waals surface area contributed by atoms with E-state index in [1.165, 1.54) is 0 Å². The van der Waals surface area contributed by atoms with Gasteiger partial charge in [0.05, 0.1) is 15.0 Å². The van der Waals surface area contributed by atoms with Crippen LogP contribution in [0.2, 0.25) is 0 Å². The Morgan fingerprint density at radius 3 is 2.79 bits per heavy atom. The Bertz CT molecular complexity index is 523. The third-order valence-electron chi connectivity index (χ3n) is 1.81. The van der Waals surface area contributed by atoms with Crippen molar-refractivity contribution in [1.82, 2.24) is 0 Å². The number of fused-ring (bicyclic) bond motifs is 1. The highest BCUT2D eigenvalue weighted by Gasteiger charge is 2.17. The smallest absolute Gasteiger partial charge is 0.258 e. The summed E-state index contributed by atoms with van der Waals surface area (Å²) in [6.45, 7) is 0. The number of hydrogen-bond acceptors (Lipinski definition) is 3. The fraction of sp³-hybridized carbons (Fsp3) is 0. The average molecular weight is 431 g/mol. The van der Waals surface area contributed by atoms with Gasteiger partial charge in [-0.15, -0.1) is 11.3 Å². The second-order valence-corrected chi connectivity index (χ2v) is 5.77. The first-order valence-electron chi connectivity index (χ1n) is 3.61. The Labute approximate surface area is 111 Å². The third kappa shape index (κ3) is 1.63. The maximum atomic E-state index is 10.8. The molecule has 0 spiro atoms. The van der Waals surface area contributed by atoms with E-state index in [0.717, 1.165) is 17.2 Å². The molecule has 72 valence electrons. The normalized spacial score (nSPS) is 10.7. The number of halogens is 2. The zero-order valence-electron chi connectivity index (χ0n) is 6.66. The lowest BCUT2D eigenvalue weighted by atomic mass is 10.2. The minimum Gasteiger partial charge on any atom is -0.258 e. The van der Waals surface area contributed by atoms with Crippen LogP contribution in [-0.4, -0.2) is 4.92 Å². The molecule has 0 bridgehead atoms. The third-order valence-corrected chi connectivity index (χ3v) is 6.11. The van der Waals surface area contributed by atoms with Gasteiger partial charge in [0.25, 0.3) is 5.69 Å². The standard InChI is InChI=1S/C8H3I2NO2S/c9-5-3-6(11(12)13)4-1-2-14-8(4)7(5)10/h1-3H. The van der Waals surface area contributed by atoms with Crippen LogP contribution < -0.4 is 0 Å². The number of non-ortho nitro benzene ring substituents is 1. The van der Waals surface area contributed by atoms with Crippen molar-refractivity contribution in [2.75, 3.05) is 0 Å². The summed E-state index contributed by atoms with van der Waals surface area (Å²) in [5.74, 6) is 0. The van der Waals surface area contributed by atoms with Crippen LogP contribution in [0.15, 0.2) is 17.5 Å². The predicted octanol–water partition coefficient (Wildman–Crippen LogP) is 4.02. The molecule has 1 aromatic carbocycles. The molecule has 1 heterocycles. The first kappa shape index (κ1) is 10.6. The molecule has 0 amide bonds. The van der Waals surface area contributed by atoms with Gasteiger partial charge >= 0.3 is 0 Å². The van der Waals surface area contributed by atoms with Crippen LogP contribution in [0.4, 0.5) is 5.69 Å². The van der Waals surface area contributed by atoms with E-state index in [2.05, 4.69) is 45.2 Å². The van der Waals surface area contributed by atoms with Crippen LogP contribution >= 0.6 is 56.5 Å². The van der Waals surface area contributed by atoms with Gasteiger partial charge in [0.2, 0.25) is 0 Å². The fourth-order valence-electron chi connectivity index (χ4n) is 1.20. The SMILES string of the molecule is O=[N+]([O-])c1cc(I)c(I)c2sccc12. The van der Waals surface area contributed by atoms with Gasteiger partial charge in [0.15, 0.2) is 0 Å². The first-order chi connectivity index (χ1) is 6.61. The number of nitro benzene ring substituents is 1. The Morgan fingerprint density at radius 2 is 2.14 bits per heavy atom. The molecule has 3 nitrogen and oxygen atoms in total. The summed E-state index contributed by atoms with van der Waals surface area (Å²) in [6, 6.07) is 3.42. The van der Waals surface area contributed by atoms with Crippen molar-refractivity contribution in [1.29, 1.82) is 0 Å². The summed E-state index contributed by atoms with van der Waals surface area (Å²) in [4.78, 5) is 10.5. The fourth-order valence-corrected chi connectivity index (χ4v) is 3.63. The molecule has 0 saturated carbocycles. The molecule has 0 N–H and O–H groups in total. The van der Waals surface area contributed by atoms with Gasteiger partial charge in [-0.1, -0.05) is 0 Å². The molecule has 2 aromatic rings. The van der Waals surface area contributed by atoms with Crippen molar-refractivity contribution in [2.24, 2.45) is 0 Å². The summed E-state index contributed by atoms with van der Waals surface area (Å²) in [7, 11) is 0. The van der Waals surface area contributed by atoms with Crippen LogP contribution in [0.5, 0.6) is 0 Å². The van der Waals surface area contributed by atoms with Crippen LogP contribution in [0.25, 0.3) is 10.1 Å². The van der Waals surface area contributed by atoms with E-state index in [9.17, 15) is 10.1 Å². The predicted molar refractivity (Wildman–Crippen MR) is 73.9 cm³/mol. The average Bonchev–Trinajstić information content (AvgIpc) is 2.59. The summed E-state index contributed by atoms with van der Waals surface area (Å²) < 4.78 is 3.04. The van der Waals surface area contributed by atoms with Gasteiger partial charge < -0.3 is 0 Å². The van der Waals surface area contributed by atoms with Crippen molar-refractivity contribution in [3.05, 3.63) is 34.8 Å². The van der Waals surface area contributed by atoms with E-state index in [4.69, 9.17) is 0 Å². The van der Waals surface area contributed by atoms with Crippen LogP contribution in [-0.2, 0) is 0 Å². The minimum absolute atomic E-state index is 0.200. The largest absolute Gasteiger partial charge is 0.279 e. The van der Waals surface area contributed by atoms with E-state index in [1.807, 2.05) is 5.38 Å². The van der Waals surface area contributed by atoms with Crippen LogP contribution in [0.1, 0.15) is 0 Å². The highest BCUT2D eigenvalue weighted by Crippen LogP contribution is 2.36. The number of nitro groups is 1. The van der Waals surface area contributed by atoms with Crippen molar-refractivity contribution in [3.63, 3.8) is 0 Å². The lowest BCUT2D eigenvalue weighted by molar-refractivity contribution is -0.383. The minimum atomic E-state index is -0.326. The van der Waals surface area contributed by atoms with E-state index >= 15 is 0 Å². The first-order valence-corrected chi connectivity index (χ1v) is 6.64. The van der Waals surface area contributed by atoms with E-state index < -0.39 is 0 Å². The van der Waals surface area contributed by atoms with Crippen molar-refractivity contribution in [3.8, 4) is 0 Å². The molecule has 0 saturated heterocycles. The summed E-state index contributed by atoms with van der Waals surface area (Å²) in [5, 5.41) is 13.4. The van der Waals surface area contributed by atoms with Crippen molar-refractivity contribution in [2.45, 2.75) is 0 Å². The van der Waals surface area contributed by atoms with Gasteiger partial charge in [0.1, 0.15) is 0 Å². The molecule has 1 aromatic heterocycles. The molecule has 0 atom stereocenters. The number of rotatable bonds is 1. The Morgan fingerprint density at radius 1 is 1.43 bits per heavy atom. The number of nitrogens with zero attached hydrogens (tertiary/aromatic N) is 1. The van der Waals surface area contributed by atoms with Crippen LogP contribution in [0.3, 0.4) is 0 Å². The molecule has 14 heavy (non-hydrogen) atoms. The van der Waals surface area contributed by atoms with Gasteiger partial charge in [0, 0.05) is 13.2 Å². The summed E-state index contributed by atoms with van der Waals surface area (Å²) in [5.41, 5.74) is 0.200. The molecule has 0 aliphatic carbocycles. The van der Waals surface area contributed by atoms with Gasteiger partial charge in [-0.3, -0.25) is 10.1 Å². The molecule has 2 rings (SSSR count). The molecule has 0 fully saturated rings. The molecule has 0 aliphatic rings. The van der Waals surface area contributed by atoms with E-state index in [-0.39, 0.29) is 10.6 Å². The molecule has 0 radical (unpaired) electrons. The Balaban J connectivity index is 2.91. The lowest BCUT2D eigenvalue weighted by Crippen LogP contribution is -1.91. The second kappa shape index (κ2) is 3.89. The van der Waals surface area contributed by atoms with Gasteiger partial charge in [-0.2, -0.15) is 0 Å². The van der Waals surface area contributed by atoms with E-state index in [0.29, 0.717) is 0 Å². The van der Waals surface area contributed by atoms with Gasteiger partial charge in [-0.05, 0) is 56.6 Å². The number of hydrogen-bond donors (Lipinski definition) is 0. The molecule has 0 aliphatic heterocycles. The summed E-state index contributed by atoms with van der Waals surface area (Å²) in [6.07, 6.45) is 0. The van der Waals surface area contributed by atoms with Gasteiger partial charge in [-0.25, -0.2) is 0 Å². The number of thiophene rings is 1. The molecular formula is C8H3I2NO2S. The zero-order valence-corrected chi connectivity index (χ0v) is 11.8. The monoisotopic (exact) mass is 431 g/mol. The highest BCUT2D eigenvalue weighted by atomic mass is 127. The van der Waals surface area contributed by atoms with Crippen molar-refractivity contribution < 1.29 is 4.92 Å². The van der Waals surface area contributed by atoms with Crippen LogP contribution in [0, 0.1) is 17.3 Å². The lowest BCUT2D eigenvalue weighted by Gasteiger charge is -1.99. The second-order valence-electron chi connectivity index (χ2n) is 2.61. The summed E-state index contributed by atoms with van der Waals surface area (Å²) >= 11 is 5.89. The maximum absolute atomic E-state index is 10.8. The topological polar surface area (TPSA) is 43.1 Å². The van der Waals surface area contributed by atoms with Crippen molar-refractivity contribution >= 4 is 72.3 Å². The quantitative estimate of drug-likeness (QED) is 0.389. The molecular weight excluding hydrogens is 428 g/mol. The Hall–Kier alpha value is 0.0400. The zero-order chi connectivity index (χ0) is 10.3.